The first-order valence-electron chi connectivity index (χ1n) is 5.47. The molecular weight excluding hydrogens is 216 g/mol. The van der Waals surface area contributed by atoms with E-state index in [1.807, 2.05) is 13.8 Å². The van der Waals surface area contributed by atoms with E-state index in [0.29, 0.717) is 17.3 Å². The molecule has 0 fully saturated rings. The van der Waals surface area contributed by atoms with Crippen LogP contribution in [-0.4, -0.2) is 19.9 Å². The zero-order valence-corrected chi connectivity index (χ0v) is 10.1. The van der Waals surface area contributed by atoms with Crippen molar-refractivity contribution in [2.45, 2.75) is 26.7 Å². The van der Waals surface area contributed by atoms with Gasteiger partial charge in [-0.15, -0.1) is 0 Å². The molecule has 0 bridgehead atoms. The SMILES string of the molecule is Cc1nccc(-c2nc(C(C)C)cc(=O)[nH]2)n1. The predicted molar refractivity (Wildman–Crippen MR) is 64.7 cm³/mol. The fourth-order valence-corrected chi connectivity index (χ4v) is 1.48. The van der Waals surface area contributed by atoms with Crippen LogP contribution in [0, 0.1) is 6.92 Å². The van der Waals surface area contributed by atoms with Crippen molar-refractivity contribution in [1.82, 2.24) is 19.9 Å². The highest BCUT2D eigenvalue weighted by molar-refractivity contribution is 5.48. The molecule has 17 heavy (non-hydrogen) atoms. The molecule has 0 unspecified atom stereocenters. The Morgan fingerprint density at radius 3 is 2.71 bits per heavy atom. The van der Waals surface area contributed by atoms with Gasteiger partial charge in [0.05, 0.1) is 5.69 Å². The van der Waals surface area contributed by atoms with E-state index in [1.54, 1.807) is 19.2 Å². The molecule has 88 valence electrons. The zero-order chi connectivity index (χ0) is 12.4. The van der Waals surface area contributed by atoms with Crippen LogP contribution in [0.15, 0.2) is 23.1 Å². The number of aromatic amines is 1. The molecule has 2 aromatic rings. The van der Waals surface area contributed by atoms with E-state index in [1.165, 1.54) is 6.07 Å². The molecule has 0 aliphatic carbocycles. The molecule has 2 rings (SSSR count). The number of nitrogens with zero attached hydrogens (tertiary/aromatic N) is 3. The highest BCUT2D eigenvalue weighted by Gasteiger charge is 2.08. The molecule has 0 amide bonds. The molecule has 0 saturated heterocycles. The maximum Gasteiger partial charge on any atom is 0.251 e. The van der Waals surface area contributed by atoms with Gasteiger partial charge < -0.3 is 4.98 Å². The van der Waals surface area contributed by atoms with Crippen molar-refractivity contribution in [3.8, 4) is 11.5 Å². The summed E-state index contributed by atoms with van der Waals surface area (Å²) in [6.07, 6.45) is 1.65. The summed E-state index contributed by atoms with van der Waals surface area (Å²) >= 11 is 0. The summed E-state index contributed by atoms with van der Waals surface area (Å²) in [7, 11) is 0. The summed E-state index contributed by atoms with van der Waals surface area (Å²) < 4.78 is 0. The summed E-state index contributed by atoms with van der Waals surface area (Å²) in [6.45, 7) is 5.79. The quantitative estimate of drug-likeness (QED) is 0.851. The van der Waals surface area contributed by atoms with Crippen molar-refractivity contribution >= 4 is 0 Å². The fraction of sp³-hybridized carbons (Fsp3) is 0.333. The summed E-state index contributed by atoms with van der Waals surface area (Å²) in [6, 6.07) is 3.25. The van der Waals surface area contributed by atoms with Crippen molar-refractivity contribution in [2.75, 3.05) is 0 Å². The predicted octanol–water partition coefficient (Wildman–Crippen LogP) is 1.66. The van der Waals surface area contributed by atoms with Gasteiger partial charge in [-0.3, -0.25) is 4.79 Å². The Bertz CT molecular complexity index is 589. The van der Waals surface area contributed by atoms with Crippen molar-refractivity contribution in [1.29, 1.82) is 0 Å². The third-order valence-corrected chi connectivity index (χ3v) is 2.37. The first kappa shape index (κ1) is 11.4. The average molecular weight is 230 g/mol. The van der Waals surface area contributed by atoms with Crippen molar-refractivity contribution < 1.29 is 0 Å². The van der Waals surface area contributed by atoms with Crippen LogP contribution in [0.5, 0.6) is 0 Å². The highest BCUT2D eigenvalue weighted by atomic mass is 16.1. The van der Waals surface area contributed by atoms with Crippen LogP contribution >= 0.6 is 0 Å². The van der Waals surface area contributed by atoms with Gasteiger partial charge in [-0.25, -0.2) is 15.0 Å². The zero-order valence-electron chi connectivity index (χ0n) is 10.1. The fourth-order valence-electron chi connectivity index (χ4n) is 1.48. The second-order valence-electron chi connectivity index (χ2n) is 4.16. The number of aromatic nitrogens is 4. The van der Waals surface area contributed by atoms with Gasteiger partial charge in [-0.05, 0) is 18.9 Å². The van der Waals surface area contributed by atoms with Crippen LogP contribution in [0.25, 0.3) is 11.5 Å². The molecule has 0 spiro atoms. The highest BCUT2D eigenvalue weighted by Crippen LogP contribution is 2.14. The van der Waals surface area contributed by atoms with E-state index in [2.05, 4.69) is 19.9 Å². The first-order valence-corrected chi connectivity index (χ1v) is 5.47. The van der Waals surface area contributed by atoms with Crippen LogP contribution in [0.3, 0.4) is 0 Å². The van der Waals surface area contributed by atoms with Gasteiger partial charge in [0.15, 0.2) is 5.82 Å². The lowest BCUT2D eigenvalue weighted by molar-refractivity contribution is 0.810. The largest absolute Gasteiger partial charge is 0.305 e. The summed E-state index contributed by atoms with van der Waals surface area (Å²) in [5.41, 5.74) is 1.24. The second kappa shape index (κ2) is 4.45. The minimum atomic E-state index is -0.157. The minimum Gasteiger partial charge on any atom is -0.305 e. The lowest BCUT2D eigenvalue weighted by Gasteiger charge is -2.06. The number of nitrogens with one attached hydrogen (secondary N) is 1. The van der Waals surface area contributed by atoms with Gasteiger partial charge in [0.25, 0.3) is 5.56 Å². The van der Waals surface area contributed by atoms with Crippen LogP contribution in [0.4, 0.5) is 0 Å². The molecule has 2 aromatic heterocycles. The Balaban J connectivity index is 2.56. The van der Waals surface area contributed by atoms with Gasteiger partial charge in [0.2, 0.25) is 0 Å². The molecule has 0 aliphatic rings. The second-order valence-corrected chi connectivity index (χ2v) is 4.16. The number of aryl methyl sites for hydroxylation is 1. The Morgan fingerprint density at radius 2 is 2.06 bits per heavy atom. The van der Waals surface area contributed by atoms with Crippen LogP contribution in [0.1, 0.15) is 31.3 Å². The maximum absolute atomic E-state index is 11.5. The number of rotatable bonds is 2. The Kier molecular flexibility index (Phi) is 2.99. The van der Waals surface area contributed by atoms with Gasteiger partial charge in [0.1, 0.15) is 11.5 Å². The molecule has 5 nitrogen and oxygen atoms in total. The van der Waals surface area contributed by atoms with E-state index in [9.17, 15) is 4.79 Å². The van der Waals surface area contributed by atoms with Gasteiger partial charge in [-0.2, -0.15) is 0 Å². The first-order chi connectivity index (χ1) is 8.06. The molecule has 0 aromatic carbocycles. The minimum absolute atomic E-state index is 0.157. The lowest BCUT2D eigenvalue weighted by Crippen LogP contribution is -2.12. The maximum atomic E-state index is 11.5. The number of hydrogen-bond acceptors (Lipinski definition) is 4. The standard InChI is InChI=1S/C12H14N4O/c1-7(2)10-6-11(17)16-12(15-10)9-4-5-13-8(3)14-9/h4-7H,1-3H3,(H,15,16,17). The van der Waals surface area contributed by atoms with Gasteiger partial charge in [0, 0.05) is 12.3 Å². The third kappa shape index (κ3) is 2.55. The van der Waals surface area contributed by atoms with Crippen LogP contribution in [-0.2, 0) is 0 Å². The van der Waals surface area contributed by atoms with Gasteiger partial charge in [-0.1, -0.05) is 13.8 Å². The Hall–Kier alpha value is -2.04. The third-order valence-electron chi connectivity index (χ3n) is 2.37. The van der Waals surface area contributed by atoms with Crippen molar-refractivity contribution in [3.05, 3.63) is 40.2 Å². The molecule has 1 N–H and O–H groups in total. The molecule has 2 heterocycles. The topological polar surface area (TPSA) is 71.5 Å². The molecule has 0 atom stereocenters. The molecule has 0 saturated carbocycles. The van der Waals surface area contributed by atoms with Gasteiger partial charge >= 0.3 is 0 Å². The number of hydrogen-bond donors (Lipinski definition) is 1. The summed E-state index contributed by atoms with van der Waals surface area (Å²) in [5, 5.41) is 0. The van der Waals surface area contributed by atoms with E-state index < -0.39 is 0 Å². The molecular formula is C12H14N4O. The average Bonchev–Trinajstić information content (AvgIpc) is 2.28. The number of H-pyrrole nitrogens is 1. The molecule has 5 heteroatoms. The lowest BCUT2D eigenvalue weighted by atomic mass is 10.1. The normalized spacial score (nSPS) is 10.8. The summed E-state index contributed by atoms with van der Waals surface area (Å²) in [4.78, 5) is 26.9. The monoisotopic (exact) mass is 230 g/mol. The summed E-state index contributed by atoms with van der Waals surface area (Å²) in [5.74, 6) is 1.35. The van der Waals surface area contributed by atoms with Crippen molar-refractivity contribution in [3.63, 3.8) is 0 Å². The van der Waals surface area contributed by atoms with Crippen LogP contribution in [0.2, 0.25) is 0 Å². The van der Waals surface area contributed by atoms with E-state index >= 15 is 0 Å². The van der Waals surface area contributed by atoms with E-state index in [-0.39, 0.29) is 11.5 Å². The van der Waals surface area contributed by atoms with Crippen molar-refractivity contribution in [2.24, 2.45) is 0 Å². The van der Waals surface area contributed by atoms with Crippen LogP contribution < -0.4 is 5.56 Å². The van der Waals surface area contributed by atoms with E-state index in [0.717, 1.165) is 5.69 Å². The Labute approximate surface area is 99.0 Å². The smallest absolute Gasteiger partial charge is 0.251 e. The Morgan fingerprint density at radius 1 is 1.29 bits per heavy atom. The molecule has 0 radical (unpaired) electrons. The van der Waals surface area contributed by atoms with E-state index in [4.69, 9.17) is 0 Å². The molecule has 0 aliphatic heterocycles.